The summed E-state index contributed by atoms with van der Waals surface area (Å²) in [5, 5.41) is 2.86. The summed E-state index contributed by atoms with van der Waals surface area (Å²) in [6, 6.07) is 11.3. The first-order chi connectivity index (χ1) is 16.2. The molecule has 2 atom stereocenters. The highest BCUT2D eigenvalue weighted by molar-refractivity contribution is 7.89. The molecule has 0 saturated carbocycles. The molecule has 2 aliphatic rings. The Kier molecular flexibility index (Phi) is 7.06. The van der Waals surface area contributed by atoms with E-state index in [1.807, 2.05) is 26.8 Å². The predicted octanol–water partition coefficient (Wildman–Crippen LogP) is 3.28. The van der Waals surface area contributed by atoms with Crippen LogP contribution in [0.25, 0.3) is 0 Å². The fraction of sp³-hybridized carbons (Fsp3) is 0.440. The number of morpholine rings is 1. The van der Waals surface area contributed by atoms with Gasteiger partial charge in [0.1, 0.15) is 0 Å². The summed E-state index contributed by atoms with van der Waals surface area (Å²) in [6.45, 7) is 7.44. The molecular weight excluding hydrogens is 454 g/mol. The van der Waals surface area contributed by atoms with E-state index in [4.69, 9.17) is 4.74 Å². The van der Waals surface area contributed by atoms with E-state index in [0.29, 0.717) is 24.3 Å². The molecule has 2 amide bonds. The fourth-order valence-electron chi connectivity index (χ4n) is 4.56. The van der Waals surface area contributed by atoms with Crippen molar-refractivity contribution in [2.24, 2.45) is 0 Å². The number of para-hydroxylation sites is 1. The van der Waals surface area contributed by atoms with Gasteiger partial charge in [-0.25, -0.2) is 8.42 Å². The lowest BCUT2D eigenvalue weighted by molar-refractivity contribution is -0.0440. The number of benzene rings is 2. The minimum atomic E-state index is -3.79. The van der Waals surface area contributed by atoms with E-state index in [0.717, 1.165) is 18.4 Å². The van der Waals surface area contributed by atoms with Crippen molar-refractivity contribution in [3.8, 4) is 0 Å². The Morgan fingerprint density at radius 3 is 2.32 bits per heavy atom. The van der Waals surface area contributed by atoms with Crippen LogP contribution in [0.2, 0.25) is 0 Å². The molecule has 2 aromatic rings. The van der Waals surface area contributed by atoms with Crippen molar-refractivity contribution in [1.29, 1.82) is 0 Å². The smallest absolute Gasteiger partial charge is 0.255 e. The molecule has 34 heavy (non-hydrogen) atoms. The van der Waals surface area contributed by atoms with Crippen molar-refractivity contribution in [2.75, 3.05) is 31.5 Å². The number of hydrogen-bond donors (Lipinski definition) is 1. The van der Waals surface area contributed by atoms with Crippen molar-refractivity contribution in [2.45, 2.75) is 50.7 Å². The predicted molar refractivity (Wildman–Crippen MR) is 129 cm³/mol. The largest absolute Gasteiger partial charge is 0.373 e. The number of likely N-dealkylation sites (tertiary alicyclic amines) is 1. The minimum Gasteiger partial charge on any atom is -0.373 e. The number of ether oxygens (including phenoxy) is 1. The molecule has 0 bridgehead atoms. The van der Waals surface area contributed by atoms with Crippen LogP contribution in [0.5, 0.6) is 0 Å². The number of anilines is 1. The zero-order valence-corrected chi connectivity index (χ0v) is 20.6. The number of nitrogens with one attached hydrogen (secondary N) is 1. The highest BCUT2D eigenvalue weighted by Crippen LogP contribution is 2.26. The molecule has 182 valence electrons. The molecule has 2 saturated heterocycles. The third-order valence-electron chi connectivity index (χ3n) is 6.26. The van der Waals surface area contributed by atoms with Crippen LogP contribution in [-0.2, 0) is 14.8 Å². The molecule has 9 heteroatoms. The van der Waals surface area contributed by atoms with Gasteiger partial charge in [0.15, 0.2) is 0 Å². The Balaban J connectivity index is 1.59. The van der Waals surface area contributed by atoms with Crippen LogP contribution in [0.4, 0.5) is 5.69 Å². The highest BCUT2D eigenvalue weighted by Gasteiger charge is 2.32. The van der Waals surface area contributed by atoms with Crippen LogP contribution in [-0.4, -0.2) is 67.8 Å². The maximum Gasteiger partial charge on any atom is 0.255 e. The second-order valence-electron chi connectivity index (χ2n) is 9.06. The van der Waals surface area contributed by atoms with Gasteiger partial charge in [-0.05, 0) is 63.4 Å². The fourth-order valence-corrected chi connectivity index (χ4v) is 6.20. The van der Waals surface area contributed by atoms with E-state index in [9.17, 15) is 18.0 Å². The van der Waals surface area contributed by atoms with Crippen LogP contribution in [0.3, 0.4) is 0 Å². The van der Waals surface area contributed by atoms with Gasteiger partial charge < -0.3 is 15.0 Å². The molecule has 2 fully saturated rings. The van der Waals surface area contributed by atoms with Gasteiger partial charge in [-0.1, -0.05) is 18.2 Å². The normalized spacial score (nSPS) is 21.4. The second-order valence-corrected chi connectivity index (χ2v) is 11.0. The summed E-state index contributed by atoms with van der Waals surface area (Å²) >= 11 is 0. The molecule has 0 aromatic heterocycles. The number of carbonyl (C=O) groups excluding carboxylic acids is 2. The number of sulfonamides is 1. The number of carbonyl (C=O) groups is 2. The summed E-state index contributed by atoms with van der Waals surface area (Å²) in [5.74, 6) is -0.575. The van der Waals surface area contributed by atoms with E-state index in [-0.39, 0.29) is 41.7 Å². The SMILES string of the molecule is Cc1cccc(C(=O)N2CCCC2)c1NC(=O)c1cccc(S(=O)(=O)N2CC(C)OC(C)C2)c1. The summed E-state index contributed by atoms with van der Waals surface area (Å²) in [4.78, 5) is 28.0. The molecule has 0 spiro atoms. The van der Waals surface area contributed by atoms with Crippen LogP contribution in [0, 0.1) is 6.92 Å². The zero-order chi connectivity index (χ0) is 24.5. The van der Waals surface area contributed by atoms with Gasteiger partial charge in [0.25, 0.3) is 11.8 Å². The molecule has 2 aliphatic heterocycles. The third kappa shape index (κ3) is 5.01. The molecule has 8 nitrogen and oxygen atoms in total. The van der Waals surface area contributed by atoms with Crippen molar-refractivity contribution in [3.63, 3.8) is 0 Å². The van der Waals surface area contributed by atoms with Gasteiger partial charge in [0.05, 0.1) is 28.4 Å². The maximum atomic E-state index is 13.2. The minimum absolute atomic E-state index is 0.0552. The maximum absolute atomic E-state index is 13.2. The van der Waals surface area contributed by atoms with E-state index < -0.39 is 15.9 Å². The van der Waals surface area contributed by atoms with Gasteiger partial charge in [0, 0.05) is 31.7 Å². The first-order valence-corrected chi connectivity index (χ1v) is 13.1. The summed E-state index contributed by atoms with van der Waals surface area (Å²) in [6.07, 6.45) is 1.53. The number of rotatable bonds is 5. The lowest BCUT2D eigenvalue weighted by Crippen LogP contribution is -2.48. The average Bonchev–Trinajstić information content (AvgIpc) is 3.34. The quantitative estimate of drug-likeness (QED) is 0.701. The Hall–Kier alpha value is -2.75. The lowest BCUT2D eigenvalue weighted by atomic mass is 10.1. The summed E-state index contributed by atoms with van der Waals surface area (Å²) in [7, 11) is -3.79. The van der Waals surface area contributed by atoms with E-state index in [1.54, 1.807) is 29.2 Å². The number of hydrogen-bond acceptors (Lipinski definition) is 5. The van der Waals surface area contributed by atoms with E-state index in [1.165, 1.54) is 16.4 Å². The van der Waals surface area contributed by atoms with E-state index >= 15 is 0 Å². The Morgan fingerprint density at radius 2 is 1.65 bits per heavy atom. The first-order valence-electron chi connectivity index (χ1n) is 11.6. The van der Waals surface area contributed by atoms with Crippen LogP contribution < -0.4 is 5.32 Å². The number of aryl methyl sites for hydroxylation is 1. The van der Waals surface area contributed by atoms with Gasteiger partial charge in [0.2, 0.25) is 10.0 Å². The summed E-state index contributed by atoms with van der Waals surface area (Å²) < 4.78 is 33.5. The second kappa shape index (κ2) is 9.85. The lowest BCUT2D eigenvalue weighted by Gasteiger charge is -2.34. The molecule has 2 unspecified atom stereocenters. The Labute approximate surface area is 200 Å². The molecular formula is C25H31N3O5S. The Morgan fingerprint density at radius 1 is 1.00 bits per heavy atom. The molecule has 4 rings (SSSR count). The van der Waals surface area contributed by atoms with Gasteiger partial charge >= 0.3 is 0 Å². The topological polar surface area (TPSA) is 96.0 Å². The summed E-state index contributed by atoms with van der Waals surface area (Å²) in [5.41, 5.74) is 1.86. The van der Waals surface area contributed by atoms with Gasteiger partial charge in [-0.15, -0.1) is 0 Å². The monoisotopic (exact) mass is 485 g/mol. The Bertz CT molecular complexity index is 1180. The van der Waals surface area contributed by atoms with Gasteiger partial charge in [-0.3, -0.25) is 9.59 Å². The van der Waals surface area contributed by atoms with Crippen molar-refractivity contribution < 1.29 is 22.7 Å². The van der Waals surface area contributed by atoms with E-state index in [2.05, 4.69) is 5.32 Å². The molecule has 2 aromatic carbocycles. The molecule has 0 aliphatic carbocycles. The third-order valence-corrected chi connectivity index (χ3v) is 8.08. The van der Waals surface area contributed by atoms with Crippen molar-refractivity contribution in [3.05, 3.63) is 59.2 Å². The number of amides is 2. The average molecular weight is 486 g/mol. The first kappa shape index (κ1) is 24.4. The van der Waals surface area contributed by atoms with Gasteiger partial charge in [-0.2, -0.15) is 4.31 Å². The van der Waals surface area contributed by atoms with Crippen LogP contribution in [0.15, 0.2) is 47.4 Å². The van der Waals surface area contributed by atoms with Crippen molar-refractivity contribution in [1.82, 2.24) is 9.21 Å². The molecule has 1 N–H and O–H groups in total. The van der Waals surface area contributed by atoms with Crippen LogP contribution in [0.1, 0.15) is 53.0 Å². The zero-order valence-electron chi connectivity index (χ0n) is 19.8. The standard InChI is InChI=1S/C25H31N3O5S/c1-17-8-6-11-22(25(30)27-12-4-5-13-27)23(17)26-24(29)20-9-7-10-21(14-20)34(31,32)28-15-18(2)33-19(3)16-28/h6-11,14,18-19H,4-5,12-13,15-16H2,1-3H3,(H,26,29). The van der Waals surface area contributed by atoms with Crippen molar-refractivity contribution >= 4 is 27.5 Å². The molecule has 2 heterocycles. The van der Waals surface area contributed by atoms with Crippen LogP contribution >= 0.6 is 0 Å². The molecule has 0 radical (unpaired) electrons. The number of nitrogens with zero attached hydrogens (tertiary/aromatic N) is 2. The highest BCUT2D eigenvalue weighted by atomic mass is 32.2.